The molecule has 4 rings (SSSR count). The maximum absolute atomic E-state index is 12.2. The second kappa shape index (κ2) is 5.59. The molecule has 4 fully saturated rings. The summed E-state index contributed by atoms with van der Waals surface area (Å²) in [5.41, 5.74) is 5.68. The number of rotatable bonds is 6. The van der Waals surface area contributed by atoms with E-state index in [0.717, 1.165) is 17.8 Å². The molecule has 21 heavy (non-hydrogen) atoms. The Labute approximate surface area is 125 Å². The van der Waals surface area contributed by atoms with E-state index in [4.69, 9.17) is 10.8 Å². The standard InChI is InChI=1S/C16H26N2O3/c17-13(15(20)21)1-2-18-14(19)9-16-6-10-3-11(7-16)5-12(4-10)8-16/h10-13H,1-9,17H2,(H,18,19)(H,20,21). The highest BCUT2D eigenvalue weighted by Gasteiger charge is 2.51. The molecule has 0 aromatic carbocycles. The summed E-state index contributed by atoms with van der Waals surface area (Å²) in [4.78, 5) is 22.8. The van der Waals surface area contributed by atoms with Crippen LogP contribution >= 0.6 is 0 Å². The zero-order valence-corrected chi connectivity index (χ0v) is 12.5. The van der Waals surface area contributed by atoms with E-state index in [1.54, 1.807) is 0 Å². The van der Waals surface area contributed by atoms with E-state index in [1.165, 1.54) is 38.5 Å². The molecule has 0 aromatic heterocycles. The smallest absolute Gasteiger partial charge is 0.320 e. The first-order valence-corrected chi connectivity index (χ1v) is 8.21. The van der Waals surface area contributed by atoms with E-state index in [-0.39, 0.29) is 11.3 Å². The lowest BCUT2D eigenvalue weighted by Crippen LogP contribution is -2.48. The van der Waals surface area contributed by atoms with Crippen LogP contribution in [0.25, 0.3) is 0 Å². The molecular weight excluding hydrogens is 268 g/mol. The van der Waals surface area contributed by atoms with E-state index in [9.17, 15) is 9.59 Å². The number of hydrogen-bond acceptors (Lipinski definition) is 3. The molecule has 4 saturated carbocycles. The summed E-state index contributed by atoms with van der Waals surface area (Å²) >= 11 is 0. The Bertz CT molecular complexity index is 400. The van der Waals surface area contributed by atoms with Gasteiger partial charge in [0.25, 0.3) is 0 Å². The van der Waals surface area contributed by atoms with Gasteiger partial charge in [0.1, 0.15) is 6.04 Å². The van der Waals surface area contributed by atoms with Crippen LogP contribution in [-0.2, 0) is 9.59 Å². The number of carboxylic acids is 1. The number of aliphatic carboxylic acids is 1. The van der Waals surface area contributed by atoms with Crippen LogP contribution in [0.5, 0.6) is 0 Å². The van der Waals surface area contributed by atoms with E-state index < -0.39 is 12.0 Å². The topological polar surface area (TPSA) is 92.4 Å². The van der Waals surface area contributed by atoms with Gasteiger partial charge in [-0.2, -0.15) is 0 Å². The van der Waals surface area contributed by atoms with Gasteiger partial charge < -0.3 is 16.2 Å². The molecule has 5 heteroatoms. The van der Waals surface area contributed by atoms with Gasteiger partial charge in [0.15, 0.2) is 0 Å². The van der Waals surface area contributed by atoms with Crippen LogP contribution in [-0.4, -0.2) is 29.6 Å². The van der Waals surface area contributed by atoms with Crippen LogP contribution in [0.2, 0.25) is 0 Å². The lowest BCUT2D eigenvalue weighted by Gasteiger charge is -2.56. The molecule has 0 radical (unpaired) electrons. The molecule has 0 aliphatic heterocycles. The Balaban J connectivity index is 1.48. The lowest BCUT2D eigenvalue weighted by atomic mass is 9.49. The quantitative estimate of drug-likeness (QED) is 0.692. The highest BCUT2D eigenvalue weighted by Crippen LogP contribution is 2.61. The zero-order valence-electron chi connectivity index (χ0n) is 12.5. The molecule has 4 bridgehead atoms. The van der Waals surface area contributed by atoms with E-state index in [2.05, 4.69) is 5.32 Å². The summed E-state index contributed by atoms with van der Waals surface area (Å²) in [6, 6.07) is -0.884. The first-order valence-electron chi connectivity index (χ1n) is 8.21. The van der Waals surface area contributed by atoms with Gasteiger partial charge in [-0.15, -0.1) is 0 Å². The van der Waals surface area contributed by atoms with Crippen molar-refractivity contribution in [3.63, 3.8) is 0 Å². The molecule has 0 spiro atoms. The third-order valence-electron chi connectivity index (χ3n) is 5.80. The van der Waals surface area contributed by atoms with Crippen molar-refractivity contribution in [1.29, 1.82) is 0 Å². The summed E-state index contributed by atoms with van der Waals surface area (Å²) in [5, 5.41) is 11.6. The Morgan fingerprint density at radius 3 is 2.14 bits per heavy atom. The van der Waals surface area contributed by atoms with Crippen molar-refractivity contribution < 1.29 is 14.7 Å². The van der Waals surface area contributed by atoms with Crippen molar-refractivity contribution in [3.8, 4) is 0 Å². The van der Waals surface area contributed by atoms with Gasteiger partial charge >= 0.3 is 5.97 Å². The maximum Gasteiger partial charge on any atom is 0.320 e. The fourth-order valence-corrected chi connectivity index (χ4v) is 5.40. The third kappa shape index (κ3) is 3.23. The minimum atomic E-state index is -1.01. The van der Waals surface area contributed by atoms with Crippen molar-refractivity contribution >= 4 is 11.9 Å². The van der Waals surface area contributed by atoms with Crippen LogP contribution in [0.4, 0.5) is 0 Å². The van der Waals surface area contributed by atoms with Crippen molar-refractivity contribution in [2.75, 3.05) is 6.54 Å². The Kier molecular flexibility index (Phi) is 3.95. The Hall–Kier alpha value is -1.10. The van der Waals surface area contributed by atoms with Crippen molar-refractivity contribution in [3.05, 3.63) is 0 Å². The minimum Gasteiger partial charge on any atom is -0.480 e. The van der Waals surface area contributed by atoms with Crippen molar-refractivity contribution in [2.24, 2.45) is 28.9 Å². The second-order valence-corrected chi connectivity index (χ2v) is 7.68. The van der Waals surface area contributed by atoms with Crippen molar-refractivity contribution in [1.82, 2.24) is 5.32 Å². The molecule has 4 N–H and O–H groups in total. The molecule has 4 aliphatic carbocycles. The molecule has 1 unspecified atom stereocenters. The van der Waals surface area contributed by atoms with E-state index >= 15 is 0 Å². The van der Waals surface area contributed by atoms with Crippen LogP contribution < -0.4 is 11.1 Å². The number of hydrogen-bond donors (Lipinski definition) is 3. The lowest BCUT2D eigenvalue weighted by molar-refractivity contribution is -0.139. The Morgan fingerprint density at radius 2 is 1.67 bits per heavy atom. The van der Waals surface area contributed by atoms with Crippen LogP contribution in [0, 0.1) is 23.2 Å². The monoisotopic (exact) mass is 294 g/mol. The molecule has 4 aliphatic rings. The molecule has 0 saturated heterocycles. The molecular formula is C16H26N2O3. The first kappa shape index (κ1) is 14.8. The number of carbonyl (C=O) groups excluding carboxylic acids is 1. The van der Waals surface area contributed by atoms with Gasteiger partial charge in [0.05, 0.1) is 0 Å². The third-order valence-corrected chi connectivity index (χ3v) is 5.80. The van der Waals surface area contributed by atoms with Gasteiger partial charge in [0, 0.05) is 13.0 Å². The van der Waals surface area contributed by atoms with Crippen LogP contribution in [0.1, 0.15) is 51.4 Å². The molecule has 0 heterocycles. The number of nitrogens with one attached hydrogen (secondary N) is 1. The predicted octanol–water partition coefficient (Wildman–Crippen LogP) is 1.51. The van der Waals surface area contributed by atoms with E-state index in [1.807, 2.05) is 0 Å². The number of carboxylic acid groups (broad SMARTS) is 1. The predicted molar refractivity (Wildman–Crippen MR) is 78.5 cm³/mol. The summed E-state index contributed by atoms with van der Waals surface area (Å²) in [6.45, 7) is 0.360. The number of nitrogens with two attached hydrogens (primary N) is 1. The zero-order chi connectivity index (χ0) is 15.0. The molecule has 1 amide bonds. The van der Waals surface area contributed by atoms with Gasteiger partial charge in [-0.3, -0.25) is 9.59 Å². The molecule has 5 nitrogen and oxygen atoms in total. The first-order chi connectivity index (χ1) is 9.96. The second-order valence-electron chi connectivity index (χ2n) is 7.68. The van der Waals surface area contributed by atoms with Gasteiger partial charge in [-0.1, -0.05) is 0 Å². The normalized spacial score (nSPS) is 38.2. The van der Waals surface area contributed by atoms with Gasteiger partial charge in [-0.25, -0.2) is 0 Å². The summed E-state index contributed by atoms with van der Waals surface area (Å²) < 4.78 is 0. The van der Waals surface area contributed by atoms with Crippen molar-refractivity contribution in [2.45, 2.75) is 57.4 Å². The average molecular weight is 294 g/mol. The summed E-state index contributed by atoms with van der Waals surface area (Å²) in [6.07, 6.45) is 8.74. The van der Waals surface area contributed by atoms with Crippen LogP contribution in [0.15, 0.2) is 0 Å². The fraction of sp³-hybridized carbons (Fsp3) is 0.875. The summed E-state index contributed by atoms with van der Waals surface area (Å²) in [5.74, 6) is 1.62. The number of amides is 1. The highest BCUT2D eigenvalue weighted by molar-refractivity contribution is 5.77. The largest absolute Gasteiger partial charge is 0.480 e. The van der Waals surface area contributed by atoms with E-state index in [0.29, 0.717) is 19.4 Å². The highest BCUT2D eigenvalue weighted by atomic mass is 16.4. The molecule has 0 aromatic rings. The van der Waals surface area contributed by atoms with Gasteiger partial charge in [0.2, 0.25) is 5.91 Å². The molecule has 118 valence electrons. The van der Waals surface area contributed by atoms with Crippen LogP contribution in [0.3, 0.4) is 0 Å². The fourth-order valence-electron chi connectivity index (χ4n) is 5.40. The van der Waals surface area contributed by atoms with Gasteiger partial charge in [-0.05, 0) is 68.1 Å². The number of carbonyl (C=O) groups is 2. The Morgan fingerprint density at radius 1 is 1.14 bits per heavy atom. The SMILES string of the molecule is NC(CCNC(=O)CC12CC3CC(CC(C3)C1)C2)C(=O)O. The molecule has 1 atom stereocenters. The maximum atomic E-state index is 12.2. The summed E-state index contributed by atoms with van der Waals surface area (Å²) in [7, 11) is 0. The minimum absolute atomic E-state index is 0.0783. The average Bonchev–Trinajstić information content (AvgIpc) is 2.35.